The molecule has 8 heteroatoms. The molecule has 4 rings (SSSR count). The number of carbonyl (C=O) groups excluding carboxylic acids is 3. The van der Waals surface area contributed by atoms with E-state index in [2.05, 4.69) is 5.32 Å². The highest BCUT2D eigenvalue weighted by Gasteiger charge is 2.37. The Morgan fingerprint density at radius 2 is 1.60 bits per heavy atom. The van der Waals surface area contributed by atoms with Crippen LogP contribution in [0.2, 0.25) is 0 Å². The molecule has 0 saturated heterocycles. The summed E-state index contributed by atoms with van der Waals surface area (Å²) in [6.07, 6.45) is -0.259. The van der Waals surface area contributed by atoms with Crippen molar-refractivity contribution in [1.29, 1.82) is 0 Å². The molecule has 3 aromatic carbocycles. The number of rotatable bonds is 7. The van der Waals surface area contributed by atoms with Crippen LogP contribution >= 0.6 is 0 Å². The van der Waals surface area contributed by atoms with Crippen molar-refractivity contribution in [1.82, 2.24) is 10.2 Å². The summed E-state index contributed by atoms with van der Waals surface area (Å²) in [5.74, 6) is -1.64. The Hall–Kier alpha value is -4.20. The summed E-state index contributed by atoms with van der Waals surface area (Å²) in [7, 11) is 0. The largest absolute Gasteiger partial charge is 0.445 e. The summed E-state index contributed by atoms with van der Waals surface area (Å²) in [5, 5.41) is 2.68. The fourth-order valence-electron chi connectivity index (χ4n) is 4.10. The third-order valence-electron chi connectivity index (χ3n) is 6.00. The van der Waals surface area contributed by atoms with Gasteiger partial charge in [-0.1, -0.05) is 66.7 Å². The number of hydrogen-bond donors (Lipinski definition) is 2. The first-order valence-electron chi connectivity index (χ1n) is 11.3. The Balaban J connectivity index is 1.51. The van der Waals surface area contributed by atoms with Crippen molar-refractivity contribution in [2.45, 2.75) is 38.1 Å². The van der Waals surface area contributed by atoms with Gasteiger partial charge in [-0.25, -0.2) is 9.18 Å². The molecule has 180 valence electrons. The van der Waals surface area contributed by atoms with Crippen LogP contribution in [0, 0.1) is 5.82 Å². The number of benzene rings is 3. The first kappa shape index (κ1) is 23.9. The van der Waals surface area contributed by atoms with E-state index < -0.39 is 35.8 Å². The van der Waals surface area contributed by atoms with E-state index in [0.29, 0.717) is 5.56 Å². The number of ether oxygens (including phenoxy) is 1. The van der Waals surface area contributed by atoms with Crippen molar-refractivity contribution in [3.05, 3.63) is 107 Å². The van der Waals surface area contributed by atoms with Crippen LogP contribution in [-0.2, 0) is 40.3 Å². The van der Waals surface area contributed by atoms with E-state index in [0.717, 1.165) is 16.7 Å². The van der Waals surface area contributed by atoms with E-state index in [1.54, 1.807) is 0 Å². The first-order valence-corrected chi connectivity index (χ1v) is 11.3. The van der Waals surface area contributed by atoms with Gasteiger partial charge in [0.25, 0.3) is 0 Å². The topological polar surface area (TPSA) is 102 Å². The second-order valence-electron chi connectivity index (χ2n) is 8.45. The molecule has 0 fully saturated rings. The number of nitrogens with two attached hydrogens (primary N) is 1. The summed E-state index contributed by atoms with van der Waals surface area (Å²) >= 11 is 0. The first-order chi connectivity index (χ1) is 16.9. The van der Waals surface area contributed by atoms with Crippen molar-refractivity contribution in [3.8, 4) is 0 Å². The summed E-state index contributed by atoms with van der Waals surface area (Å²) in [6.45, 7) is 0.266. The Labute approximate surface area is 202 Å². The van der Waals surface area contributed by atoms with Crippen LogP contribution < -0.4 is 11.1 Å². The molecule has 0 spiro atoms. The Bertz CT molecular complexity index is 1200. The number of amides is 3. The van der Waals surface area contributed by atoms with Crippen molar-refractivity contribution >= 4 is 17.9 Å². The van der Waals surface area contributed by atoms with Crippen LogP contribution in [0.15, 0.2) is 78.9 Å². The third-order valence-corrected chi connectivity index (χ3v) is 6.00. The molecule has 0 aliphatic carbocycles. The second-order valence-corrected chi connectivity index (χ2v) is 8.45. The molecule has 1 aliphatic rings. The molecule has 3 N–H and O–H groups in total. The molecule has 1 heterocycles. The van der Waals surface area contributed by atoms with Crippen LogP contribution in [0.1, 0.15) is 22.3 Å². The number of nitrogens with zero attached hydrogens (tertiary/aromatic N) is 1. The van der Waals surface area contributed by atoms with Gasteiger partial charge in [0.05, 0.1) is 6.54 Å². The van der Waals surface area contributed by atoms with Gasteiger partial charge in [0.15, 0.2) is 0 Å². The lowest BCUT2D eigenvalue weighted by atomic mass is 9.93. The van der Waals surface area contributed by atoms with Gasteiger partial charge in [-0.2, -0.15) is 0 Å². The molecule has 2 atom stereocenters. The summed E-state index contributed by atoms with van der Waals surface area (Å²) in [6, 6.07) is 20.5. The van der Waals surface area contributed by atoms with E-state index in [1.807, 2.05) is 54.6 Å². The van der Waals surface area contributed by atoms with Gasteiger partial charge in [0, 0.05) is 12.8 Å². The maximum absolute atomic E-state index is 13.3. The molecule has 1 aliphatic heterocycles. The quantitative estimate of drug-likeness (QED) is 0.548. The van der Waals surface area contributed by atoms with E-state index in [4.69, 9.17) is 10.5 Å². The smallest absolute Gasteiger partial charge is 0.411 e. The number of carbonyl (C=O) groups is 3. The molecular weight excluding hydrogens is 449 g/mol. The zero-order chi connectivity index (χ0) is 24.8. The fourth-order valence-corrected chi connectivity index (χ4v) is 4.10. The molecule has 35 heavy (non-hydrogen) atoms. The van der Waals surface area contributed by atoms with Gasteiger partial charge in [0.2, 0.25) is 11.8 Å². The number of primary amides is 1. The highest BCUT2D eigenvalue weighted by atomic mass is 19.1. The molecule has 0 saturated carbocycles. The second kappa shape index (κ2) is 10.8. The van der Waals surface area contributed by atoms with Gasteiger partial charge < -0.3 is 15.8 Å². The predicted octanol–water partition coefficient (Wildman–Crippen LogP) is 3.10. The molecule has 0 aromatic heterocycles. The van der Waals surface area contributed by atoms with Gasteiger partial charge in [-0.3, -0.25) is 14.5 Å². The van der Waals surface area contributed by atoms with Gasteiger partial charge in [-0.15, -0.1) is 0 Å². The van der Waals surface area contributed by atoms with Crippen molar-refractivity contribution < 1.29 is 23.5 Å². The minimum Gasteiger partial charge on any atom is -0.445 e. The van der Waals surface area contributed by atoms with E-state index in [-0.39, 0.29) is 26.0 Å². The number of fused-ring (bicyclic) bond motifs is 1. The highest BCUT2D eigenvalue weighted by molar-refractivity contribution is 5.91. The average Bonchev–Trinajstić information content (AvgIpc) is 2.87. The lowest BCUT2D eigenvalue weighted by molar-refractivity contribution is -0.131. The average molecular weight is 476 g/mol. The van der Waals surface area contributed by atoms with Crippen molar-refractivity contribution in [2.24, 2.45) is 5.73 Å². The SMILES string of the molecule is NC(=O)[C@@H](Cc1ccc(F)cc1)NC(=O)[C@@H]1Cc2ccccc2CN1C(=O)OCc1ccccc1. The number of nitrogens with one attached hydrogen (secondary N) is 1. The van der Waals surface area contributed by atoms with Crippen LogP contribution in [-0.4, -0.2) is 34.9 Å². The molecule has 0 bridgehead atoms. The zero-order valence-electron chi connectivity index (χ0n) is 19.0. The van der Waals surface area contributed by atoms with Gasteiger partial charge in [-0.05, 0) is 34.4 Å². The van der Waals surface area contributed by atoms with Crippen LogP contribution in [0.3, 0.4) is 0 Å². The van der Waals surface area contributed by atoms with Gasteiger partial charge in [0.1, 0.15) is 24.5 Å². The summed E-state index contributed by atoms with van der Waals surface area (Å²) in [4.78, 5) is 39.8. The van der Waals surface area contributed by atoms with E-state index in [1.165, 1.54) is 29.2 Å². The number of halogens is 1. The maximum atomic E-state index is 13.3. The predicted molar refractivity (Wildman–Crippen MR) is 127 cm³/mol. The minimum absolute atomic E-state index is 0.0701. The summed E-state index contributed by atoms with van der Waals surface area (Å²) < 4.78 is 18.7. The van der Waals surface area contributed by atoms with Crippen LogP contribution in [0.5, 0.6) is 0 Å². The molecular formula is C27H26FN3O4. The third kappa shape index (κ3) is 6.03. The standard InChI is InChI=1S/C27H26FN3O4/c28-22-12-10-18(11-13-22)14-23(25(29)32)30-26(33)24-15-20-8-4-5-9-21(20)16-31(24)27(34)35-17-19-6-2-1-3-7-19/h1-13,23-24H,14-17H2,(H2,29,32)(H,30,33)/t23-,24+/m1/s1. The van der Waals surface area contributed by atoms with Crippen LogP contribution in [0.4, 0.5) is 9.18 Å². The molecule has 0 radical (unpaired) electrons. The molecule has 0 unspecified atom stereocenters. The van der Waals surface area contributed by atoms with Gasteiger partial charge >= 0.3 is 6.09 Å². The monoisotopic (exact) mass is 475 g/mol. The lowest BCUT2D eigenvalue weighted by Gasteiger charge is -2.35. The Morgan fingerprint density at radius 1 is 0.943 bits per heavy atom. The molecule has 3 amide bonds. The van der Waals surface area contributed by atoms with E-state index >= 15 is 0 Å². The normalized spacial score (nSPS) is 15.6. The van der Waals surface area contributed by atoms with E-state index in [9.17, 15) is 18.8 Å². The molecule has 7 nitrogen and oxygen atoms in total. The Morgan fingerprint density at radius 3 is 2.29 bits per heavy atom. The van der Waals surface area contributed by atoms with Crippen LogP contribution in [0.25, 0.3) is 0 Å². The Kier molecular flexibility index (Phi) is 7.40. The highest BCUT2D eigenvalue weighted by Crippen LogP contribution is 2.25. The lowest BCUT2D eigenvalue weighted by Crippen LogP contribution is -2.56. The maximum Gasteiger partial charge on any atom is 0.411 e. The van der Waals surface area contributed by atoms with Crippen molar-refractivity contribution in [3.63, 3.8) is 0 Å². The molecule has 3 aromatic rings. The number of hydrogen-bond acceptors (Lipinski definition) is 4. The summed E-state index contributed by atoms with van der Waals surface area (Å²) in [5.41, 5.74) is 8.87. The minimum atomic E-state index is -1.02. The fraction of sp³-hybridized carbons (Fsp3) is 0.222. The van der Waals surface area contributed by atoms with Crippen molar-refractivity contribution in [2.75, 3.05) is 0 Å². The zero-order valence-corrected chi connectivity index (χ0v) is 19.0.